The lowest BCUT2D eigenvalue weighted by molar-refractivity contribution is 1.27. The van der Waals surface area contributed by atoms with Gasteiger partial charge in [-0.3, -0.25) is 0 Å². The number of benzene rings is 1. The topological polar surface area (TPSA) is 48.7 Å². The number of anilines is 1. The van der Waals surface area contributed by atoms with Crippen LogP contribution in [0.1, 0.15) is 5.56 Å². The van der Waals surface area contributed by atoms with Gasteiger partial charge in [0.25, 0.3) is 0 Å². The number of halogens is 1. The molecule has 0 unspecified atom stereocenters. The molecular weight excluding hydrogens is 325 g/mol. The van der Waals surface area contributed by atoms with Gasteiger partial charge in [-0.25, -0.2) is 4.98 Å². The Kier molecular flexibility index (Phi) is 3.59. The first-order valence-electron chi connectivity index (χ1n) is 5.09. The van der Waals surface area contributed by atoms with E-state index < -0.39 is 0 Å². The molecule has 0 spiro atoms. The number of rotatable bonds is 2. The Labute approximate surface area is 114 Å². The Hall–Kier alpha value is -1.61. The predicted octanol–water partition coefficient (Wildman–Crippen LogP) is 3.27. The second kappa shape index (κ2) is 5.15. The van der Waals surface area contributed by atoms with Gasteiger partial charge in [0.1, 0.15) is 11.9 Å². The van der Waals surface area contributed by atoms with Crippen LogP contribution in [0.5, 0.6) is 0 Å². The highest BCUT2D eigenvalue weighted by Gasteiger charge is 2.05. The van der Waals surface area contributed by atoms with Crippen LogP contribution in [0.2, 0.25) is 0 Å². The fourth-order valence-electron chi connectivity index (χ4n) is 1.52. The maximum atomic E-state index is 8.92. The molecule has 84 valence electrons. The molecule has 2 rings (SSSR count). The molecule has 0 aliphatic heterocycles. The molecule has 0 atom stereocenters. The number of hydrogen-bond acceptors (Lipinski definition) is 3. The molecule has 17 heavy (non-hydrogen) atoms. The zero-order valence-electron chi connectivity index (χ0n) is 9.24. The van der Waals surface area contributed by atoms with E-state index in [1.165, 1.54) is 3.57 Å². The second-order valence-corrected chi connectivity index (χ2v) is 4.71. The van der Waals surface area contributed by atoms with E-state index >= 15 is 0 Å². The van der Waals surface area contributed by atoms with Gasteiger partial charge in [0.2, 0.25) is 0 Å². The highest BCUT2D eigenvalue weighted by molar-refractivity contribution is 14.1. The van der Waals surface area contributed by atoms with Gasteiger partial charge in [0.05, 0.1) is 11.3 Å². The summed E-state index contributed by atoms with van der Waals surface area (Å²) >= 11 is 2.27. The number of nitrogens with zero attached hydrogens (tertiary/aromatic N) is 2. The first-order valence-corrected chi connectivity index (χ1v) is 6.17. The van der Waals surface area contributed by atoms with Gasteiger partial charge in [-0.15, -0.1) is 0 Å². The van der Waals surface area contributed by atoms with Crippen molar-refractivity contribution in [3.05, 3.63) is 45.5 Å². The summed E-state index contributed by atoms with van der Waals surface area (Å²) in [7, 11) is 1.76. The first kappa shape index (κ1) is 11.9. The largest absolute Gasteiger partial charge is 0.372 e. The van der Waals surface area contributed by atoms with Crippen molar-refractivity contribution in [2.75, 3.05) is 12.4 Å². The van der Waals surface area contributed by atoms with Crippen molar-refractivity contribution in [2.24, 2.45) is 0 Å². The standard InChI is InChI=1S/C13H10IN3/c1-16-13-10(8-15)4-7-12(17-13)9-2-5-11(14)6-3-9/h2-7H,1H3,(H,16,17). The smallest absolute Gasteiger partial charge is 0.144 e. The van der Waals surface area contributed by atoms with Crippen molar-refractivity contribution in [3.63, 3.8) is 0 Å². The van der Waals surface area contributed by atoms with E-state index in [0.29, 0.717) is 11.4 Å². The Morgan fingerprint density at radius 2 is 1.88 bits per heavy atom. The maximum Gasteiger partial charge on any atom is 0.144 e. The minimum Gasteiger partial charge on any atom is -0.372 e. The SMILES string of the molecule is CNc1nc(-c2ccc(I)cc2)ccc1C#N. The summed E-state index contributed by atoms with van der Waals surface area (Å²) in [6.45, 7) is 0. The van der Waals surface area contributed by atoms with E-state index in [-0.39, 0.29) is 0 Å². The summed E-state index contributed by atoms with van der Waals surface area (Å²) in [6, 6.07) is 13.9. The van der Waals surface area contributed by atoms with Gasteiger partial charge in [-0.2, -0.15) is 5.26 Å². The Balaban J connectivity index is 2.47. The number of nitriles is 1. The molecule has 0 saturated heterocycles. The molecule has 1 aromatic carbocycles. The Bertz CT molecular complexity index is 570. The zero-order chi connectivity index (χ0) is 12.3. The Morgan fingerprint density at radius 3 is 2.47 bits per heavy atom. The molecule has 0 amide bonds. The van der Waals surface area contributed by atoms with Crippen LogP contribution in [0.25, 0.3) is 11.3 Å². The van der Waals surface area contributed by atoms with Gasteiger partial charge in [-0.1, -0.05) is 12.1 Å². The molecule has 0 aliphatic carbocycles. The number of aromatic nitrogens is 1. The van der Waals surface area contributed by atoms with Gasteiger partial charge >= 0.3 is 0 Å². The van der Waals surface area contributed by atoms with Gasteiger partial charge in [-0.05, 0) is 46.9 Å². The van der Waals surface area contributed by atoms with Crippen LogP contribution in [-0.4, -0.2) is 12.0 Å². The lowest BCUT2D eigenvalue weighted by Gasteiger charge is -2.06. The normalized spacial score (nSPS) is 9.71. The van der Waals surface area contributed by atoms with Crippen molar-refractivity contribution >= 4 is 28.4 Å². The number of pyridine rings is 1. The van der Waals surface area contributed by atoms with E-state index in [9.17, 15) is 0 Å². The lowest BCUT2D eigenvalue weighted by Crippen LogP contribution is -1.97. The molecule has 4 heteroatoms. The molecule has 0 bridgehead atoms. The van der Waals surface area contributed by atoms with Gasteiger partial charge < -0.3 is 5.32 Å². The van der Waals surface area contributed by atoms with E-state index in [1.54, 1.807) is 13.1 Å². The molecule has 1 N–H and O–H groups in total. The van der Waals surface area contributed by atoms with Crippen LogP contribution < -0.4 is 5.32 Å². The molecule has 3 nitrogen and oxygen atoms in total. The summed E-state index contributed by atoms with van der Waals surface area (Å²) in [4.78, 5) is 4.43. The summed E-state index contributed by atoms with van der Waals surface area (Å²) in [5.41, 5.74) is 2.47. The van der Waals surface area contributed by atoms with Crippen LogP contribution >= 0.6 is 22.6 Å². The zero-order valence-corrected chi connectivity index (χ0v) is 11.4. The minimum absolute atomic E-state index is 0.557. The number of nitrogens with one attached hydrogen (secondary N) is 1. The van der Waals surface area contributed by atoms with E-state index in [2.05, 4.69) is 39.0 Å². The molecular formula is C13H10IN3. The summed E-state index contributed by atoms with van der Waals surface area (Å²) in [5, 5.41) is 11.8. The molecule has 1 heterocycles. The second-order valence-electron chi connectivity index (χ2n) is 3.46. The Morgan fingerprint density at radius 1 is 1.18 bits per heavy atom. The van der Waals surface area contributed by atoms with Crippen LogP contribution in [0.15, 0.2) is 36.4 Å². The van der Waals surface area contributed by atoms with Crippen LogP contribution in [0.4, 0.5) is 5.82 Å². The quantitative estimate of drug-likeness (QED) is 0.857. The third kappa shape index (κ3) is 2.56. The fourth-order valence-corrected chi connectivity index (χ4v) is 1.88. The van der Waals surface area contributed by atoms with Crippen molar-refractivity contribution in [1.82, 2.24) is 4.98 Å². The fraction of sp³-hybridized carbons (Fsp3) is 0.0769. The third-order valence-corrected chi connectivity index (χ3v) is 3.11. The van der Waals surface area contributed by atoms with E-state index in [1.807, 2.05) is 30.3 Å². The van der Waals surface area contributed by atoms with Crippen LogP contribution in [0, 0.1) is 14.9 Å². The minimum atomic E-state index is 0.557. The average molecular weight is 335 g/mol. The van der Waals surface area contributed by atoms with Crippen molar-refractivity contribution in [1.29, 1.82) is 5.26 Å². The van der Waals surface area contributed by atoms with Crippen molar-refractivity contribution < 1.29 is 0 Å². The molecule has 2 aromatic rings. The summed E-state index contributed by atoms with van der Waals surface area (Å²) < 4.78 is 1.19. The first-order chi connectivity index (χ1) is 8.24. The third-order valence-electron chi connectivity index (χ3n) is 2.39. The van der Waals surface area contributed by atoms with Gasteiger partial charge in [0.15, 0.2) is 0 Å². The lowest BCUT2D eigenvalue weighted by atomic mass is 10.1. The highest BCUT2D eigenvalue weighted by Crippen LogP contribution is 2.22. The van der Waals surface area contributed by atoms with Gasteiger partial charge in [0, 0.05) is 16.2 Å². The number of hydrogen-bond donors (Lipinski definition) is 1. The molecule has 0 radical (unpaired) electrons. The highest BCUT2D eigenvalue weighted by atomic mass is 127. The van der Waals surface area contributed by atoms with E-state index in [4.69, 9.17) is 5.26 Å². The van der Waals surface area contributed by atoms with Crippen LogP contribution in [-0.2, 0) is 0 Å². The molecule has 0 aliphatic rings. The molecule has 0 saturated carbocycles. The summed E-state index contributed by atoms with van der Waals surface area (Å²) in [5.74, 6) is 0.614. The summed E-state index contributed by atoms with van der Waals surface area (Å²) in [6.07, 6.45) is 0. The van der Waals surface area contributed by atoms with Crippen LogP contribution in [0.3, 0.4) is 0 Å². The average Bonchev–Trinajstić information content (AvgIpc) is 2.39. The van der Waals surface area contributed by atoms with Crippen molar-refractivity contribution in [3.8, 4) is 17.3 Å². The van der Waals surface area contributed by atoms with E-state index in [0.717, 1.165) is 11.3 Å². The molecule has 1 aromatic heterocycles. The van der Waals surface area contributed by atoms with Crippen molar-refractivity contribution in [2.45, 2.75) is 0 Å². The maximum absolute atomic E-state index is 8.92. The molecule has 0 fully saturated rings. The predicted molar refractivity (Wildman–Crippen MR) is 76.7 cm³/mol. The monoisotopic (exact) mass is 335 g/mol.